The molecule has 110 valence electrons. The van der Waals surface area contributed by atoms with Crippen LogP contribution in [0.1, 0.15) is 43.3 Å². The highest BCUT2D eigenvalue weighted by Crippen LogP contribution is 2.13. The molecule has 0 unspecified atom stereocenters. The number of alkyl halides is 1. The topological polar surface area (TPSA) is 31.4 Å². The third kappa shape index (κ3) is 8.58. The van der Waals surface area contributed by atoms with Crippen LogP contribution in [0.15, 0.2) is 5.38 Å². The summed E-state index contributed by atoms with van der Waals surface area (Å²) in [6.07, 6.45) is 5.54. The van der Waals surface area contributed by atoms with E-state index in [1.165, 1.54) is 11.4 Å². The van der Waals surface area contributed by atoms with Gasteiger partial charge in [0, 0.05) is 18.6 Å². The van der Waals surface area contributed by atoms with Crippen molar-refractivity contribution in [2.45, 2.75) is 44.9 Å². The number of hydrogen-bond acceptors (Lipinski definition) is 4. The van der Waals surface area contributed by atoms with Gasteiger partial charge < -0.3 is 9.47 Å². The van der Waals surface area contributed by atoms with Crippen LogP contribution in [0.3, 0.4) is 0 Å². The van der Waals surface area contributed by atoms with Crippen LogP contribution in [-0.2, 0) is 21.8 Å². The molecule has 19 heavy (non-hydrogen) atoms. The Kier molecular flexibility index (Phi) is 10.4. The molecular formula is C14H24ClNO2S. The SMILES string of the molecule is CCCCOCCOCCCCc1nc(CCl)cs1. The molecule has 0 saturated heterocycles. The molecule has 0 bridgehead atoms. The summed E-state index contributed by atoms with van der Waals surface area (Å²) in [6, 6.07) is 0. The molecule has 0 aliphatic rings. The van der Waals surface area contributed by atoms with Crippen molar-refractivity contribution in [2.75, 3.05) is 26.4 Å². The maximum absolute atomic E-state index is 5.72. The summed E-state index contributed by atoms with van der Waals surface area (Å²) < 4.78 is 10.9. The molecule has 0 aliphatic heterocycles. The second kappa shape index (κ2) is 11.6. The highest BCUT2D eigenvalue weighted by Gasteiger charge is 2.00. The number of ether oxygens (including phenoxy) is 2. The van der Waals surface area contributed by atoms with E-state index < -0.39 is 0 Å². The predicted molar refractivity (Wildman–Crippen MR) is 81.2 cm³/mol. The summed E-state index contributed by atoms with van der Waals surface area (Å²) in [4.78, 5) is 4.43. The molecule has 3 nitrogen and oxygen atoms in total. The van der Waals surface area contributed by atoms with Gasteiger partial charge in [0.15, 0.2) is 0 Å². The Morgan fingerprint density at radius 3 is 2.47 bits per heavy atom. The van der Waals surface area contributed by atoms with Crippen molar-refractivity contribution in [1.82, 2.24) is 4.98 Å². The van der Waals surface area contributed by atoms with Crippen molar-refractivity contribution >= 4 is 22.9 Å². The van der Waals surface area contributed by atoms with E-state index in [2.05, 4.69) is 11.9 Å². The predicted octanol–water partition coefficient (Wildman–Crippen LogP) is 4.04. The van der Waals surface area contributed by atoms with E-state index in [9.17, 15) is 0 Å². The van der Waals surface area contributed by atoms with Gasteiger partial charge >= 0.3 is 0 Å². The molecular weight excluding hydrogens is 282 g/mol. The standard InChI is InChI=1S/C14H24ClNO2S/c1-2-3-7-17-9-10-18-8-5-4-6-14-16-13(11-15)12-19-14/h12H,2-11H2,1H3. The first kappa shape index (κ1) is 16.9. The minimum absolute atomic E-state index is 0.512. The summed E-state index contributed by atoms with van der Waals surface area (Å²) in [5, 5.41) is 3.21. The minimum Gasteiger partial charge on any atom is -0.379 e. The number of hydrogen-bond donors (Lipinski definition) is 0. The Labute approximate surface area is 125 Å². The molecule has 0 radical (unpaired) electrons. The van der Waals surface area contributed by atoms with Crippen molar-refractivity contribution in [3.8, 4) is 0 Å². The molecule has 1 rings (SSSR count). The van der Waals surface area contributed by atoms with Crippen LogP contribution < -0.4 is 0 Å². The summed E-state index contributed by atoms with van der Waals surface area (Å²) >= 11 is 7.41. The van der Waals surface area contributed by atoms with Crippen molar-refractivity contribution in [2.24, 2.45) is 0 Å². The summed E-state index contributed by atoms with van der Waals surface area (Å²) in [6.45, 7) is 5.25. The molecule has 5 heteroatoms. The van der Waals surface area contributed by atoms with Crippen LogP contribution in [0, 0.1) is 0 Å². The highest BCUT2D eigenvalue weighted by atomic mass is 35.5. The van der Waals surface area contributed by atoms with E-state index in [0.717, 1.165) is 44.6 Å². The first-order chi connectivity index (χ1) is 9.36. The molecule has 0 aliphatic carbocycles. The number of unbranched alkanes of at least 4 members (excludes halogenated alkanes) is 2. The zero-order chi connectivity index (χ0) is 13.8. The lowest BCUT2D eigenvalue weighted by molar-refractivity contribution is 0.0454. The molecule has 0 fully saturated rings. The third-order valence-electron chi connectivity index (χ3n) is 2.68. The summed E-state index contributed by atoms with van der Waals surface area (Å²) in [5.74, 6) is 0.512. The zero-order valence-corrected chi connectivity index (χ0v) is 13.3. The fourth-order valence-electron chi connectivity index (χ4n) is 1.57. The average Bonchev–Trinajstić information content (AvgIpc) is 2.89. The molecule has 0 atom stereocenters. The monoisotopic (exact) mass is 305 g/mol. The van der Waals surface area contributed by atoms with Gasteiger partial charge in [-0.25, -0.2) is 4.98 Å². The second-order valence-corrected chi connectivity index (χ2v) is 5.61. The fraction of sp³-hybridized carbons (Fsp3) is 0.786. The number of thiazole rings is 1. The van der Waals surface area contributed by atoms with Gasteiger partial charge in [-0.15, -0.1) is 22.9 Å². The molecule has 0 N–H and O–H groups in total. The number of aromatic nitrogens is 1. The zero-order valence-electron chi connectivity index (χ0n) is 11.7. The van der Waals surface area contributed by atoms with Gasteiger partial charge in [0.05, 0.1) is 29.8 Å². The van der Waals surface area contributed by atoms with Crippen LogP contribution in [0.5, 0.6) is 0 Å². The van der Waals surface area contributed by atoms with Gasteiger partial charge in [0.1, 0.15) is 0 Å². The smallest absolute Gasteiger partial charge is 0.0928 e. The van der Waals surface area contributed by atoms with Gasteiger partial charge in [-0.2, -0.15) is 0 Å². The summed E-state index contributed by atoms with van der Waals surface area (Å²) in [5.41, 5.74) is 0.988. The van der Waals surface area contributed by atoms with Gasteiger partial charge in [0.2, 0.25) is 0 Å². The molecule has 0 amide bonds. The molecule has 0 saturated carbocycles. The molecule has 1 aromatic heterocycles. The van der Waals surface area contributed by atoms with Crippen LogP contribution in [0.2, 0.25) is 0 Å². The van der Waals surface area contributed by atoms with E-state index in [0.29, 0.717) is 19.1 Å². The Morgan fingerprint density at radius 2 is 1.84 bits per heavy atom. The van der Waals surface area contributed by atoms with Crippen molar-refractivity contribution < 1.29 is 9.47 Å². The first-order valence-electron chi connectivity index (χ1n) is 7.01. The van der Waals surface area contributed by atoms with Crippen molar-refractivity contribution in [1.29, 1.82) is 0 Å². The largest absolute Gasteiger partial charge is 0.379 e. The van der Waals surface area contributed by atoms with E-state index in [1.807, 2.05) is 5.38 Å². The number of halogens is 1. The Balaban J connectivity index is 1.86. The van der Waals surface area contributed by atoms with E-state index in [-0.39, 0.29) is 0 Å². The lowest BCUT2D eigenvalue weighted by atomic mass is 10.2. The molecule has 1 aromatic rings. The quantitative estimate of drug-likeness (QED) is 0.431. The molecule has 0 aromatic carbocycles. The van der Waals surface area contributed by atoms with Crippen LogP contribution >= 0.6 is 22.9 Å². The average molecular weight is 306 g/mol. The second-order valence-electron chi connectivity index (χ2n) is 4.40. The van der Waals surface area contributed by atoms with E-state index in [4.69, 9.17) is 21.1 Å². The van der Waals surface area contributed by atoms with Crippen LogP contribution in [-0.4, -0.2) is 31.4 Å². The number of nitrogens with zero attached hydrogens (tertiary/aromatic N) is 1. The Morgan fingerprint density at radius 1 is 1.11 bits per heavy atom. The highest BCUT2D eigenvalue weighted by molar-refractivity contribution is 7.09. The molecule has 0 spiro atoms. The van der Waals surface area contributed by atoms with Crippen LogP contribution in [0.4, 0.5) is 0 Å². The maximum Gasteiger partial charge on any atom is 0.0928 e. The lowest BCUT2D eigenvalue weighted by Gasteiger charge is -2.04. The number of rotatable bonds is 12. The minimum atomic E-state index is 0.512. The fourth-order valence-corrected chi connectivity index (χ4v) is 2.64. The maximum atomic E-state index is 5.72. The molecule has 1 heterocycles. The Bertz CT molecular complexity index is 320. The van der Waals surface area contributed by atoms with Gasteiger partial charge in [0.25, 0.3) is 0 Å². The van der Waals surface area contributed by atoms with Gasteiger partial charge in [-0.05, 0) is 25.7 Å². The van der Waals surface area contributed by atoms with Gasteiger partial charge in [-0.3, -0.25) is 0 Å². The third-order valence-corrected chi connectivity index (χ3v) is 3.91. The van der Waals surface area contributed by atoms with E-state index >= 15 is 0 Å². The van der Waals surface area contributed by atoms with E-state index in [1.54, 1.807) is 11.3 Å². The van der Waals surface area contributed by atoms with Crippen molar-refractivity contribution in [3.63, 3.8) is 0 Å². The summed E-state index contributed by atoms with van der Waals surface area (Å²) in [7, 11) is 0. The lowest BCUT2D eigenvalue weighted by Crippen LogP contribution is -2.06. The van der Waals surface area contributed by atoms with Crippen LogP contribution in [0.25, 0.3) is 0 Å². The Hall–Kier alpha value is -0.160. The number of aryl methyl sites for hydroxylation is 1. The van der Waals surface area contributed by atoms with Crippen molar-refractivity contribution in [3.05, 3.63) is 16.1 Å². The normalized spacial score (nSPS) is 11.1. The van der Waals surface area contributed by atoms with Gasteiger partial charge in [-0.1, -0.05) is 13.3 Å². The first-order valence-corrected chi connectivity index (χ1v) is 8.43.